The molecule has 3 heterocycles. The number of carbonyl (C=O) groups excluding carboxylic acids is 2. The van der Waals surface area contributed by atoms with E-state index in [1.807, 2.05) is 43.5 Å². The van der Waals surface area contributed by atoms with Crippen molar-refractivity contribution >= 4 is 57.7 Å². The fourth-order valence-electron chi connectivity index (χ4n) is 5.48. The fraction of sp³-hybridized carbons (Fsp3) is 0.233. The van der Waals surface area contributed by atoms with Crippen molar-refractivity contribution in [2.45, 2.75) is 31.8 Å². The number of methoxy groups -OCH3 is 1. The number of carbonyl (C=O) groups is 3. The van der Waals surface area contributed by atoms with Gasteiger partial charge in [-0.05, 0) is 78.4 Å². The third kappa shape index (κ3) is 5.24. The van der Waals surface area contributed by atoms with Gasteiger partial charge >= 0.3 is 12.0 Å². The third-order valence-corrected chi connectivity index (χ3v) is 9.53. The number of aryl methyl sites for hydroxylation is 2. The zero-order valence-corrected chi connectivity index (χ0v) is 24.3. The van der Waals surface area contributed by atoms with E-state index in [1.165, 1.54) is 23.3 Å². The highest BCUT2D eigenvalue weighted by Crippen LogP contribution is 2.53. The van der Waals surface area contributed by atoms with Gasteiger partial charge in [0.2, 0.25) is 0 Å². The van der Waals surface area contributed by atoms with Gasteiger partial charge in [0.15, 0.2) is 5.78 Å². The van der Waals surface area contributed by atoms with Crippen LogP contribution in [0.3, 0.4) is 0 Å². The Labute approximate surface area is 245 Å². The molecular weight excluding hydrogens is 568 g/mol. The van der Waals surface area contributed by atoms with Crippen LogP contribution in [0.15, 0.2) is 72.1 Å². The van der Waals surface area contributed by atoms with Crippen LogP contribution in [0.1, 0.15) is 43.2 Å². The summed E-state index contributed by atoms with van der Waals surface area (Å²) in [5.41, 5.74) is 2.95. The topological polar surface area (TPSA) is 95.9 Å². The number of anilines is 1. The Bertz CT molecular complexity index is 1580. The fourth-order valence-corrected chi connectivity index (χ4v) is 7.58. The van der Waals surface area contributed by atoms with E-state index in [-0.39, 0.29) is 5.78 Å². The lowest BCUT2D eigenvalue weighted by atomic mass is 9.78. The molecule has 0 bridgehead atoms. The van der Waals surface area contributed by atoms with Crippen LogP contribution in [-0.2, 0) is 4.79 Å². The lowest BCUT2D eigenvalue weighted by Gasteiger charge is -2.30. The van der Waals surface area contributed by atoms with Crippen molar-refractivity contribution in [2.24, 2.45) is 5.92 Å². The number of aliphatic carboxylic acids is 1. The van der Waals surface area contributed by atoms with Gasteiger partial charge in [0.25, 0.3) is 0 Å². The summed E-state index contributed by atoms with van der Waals surface area (Å²) in [5, 5.41) is 15.5. The van der Waals surface area contributed by atoms with Crippen LogP contribution in [0.2, 0.25) is 4.34 Å². The smallest absolute Gasteiger partial charge is 0.327 e. The molecule has 0 spiro atoms. The molecule has 1 aliphatic rings. The zero-order chi connectivity index (χ0) is 28.6. The maximum atomic E-state index is 14.3. The largest absolute Gasteiger partial charge is 0.497 e. The Kier molecular flexibility index (Phi) is 7.98. The highest BCUT2D eigenvalue weighted by Gasteiger charge is 2.58. The van der Waals surface area contributed by atoms with Gasteiger partial charge in [-0.1, -0.05) is 35.9 Å². The molecule has 4 atom stereocenters. The van der Waals surface area contributed by atoms with Gasteiger partial charge in [-0.2, -0.15) is 0 Å². The van der Waals surface area contributed by atoms with Crippen molar-refractivity contribution in [3.8, 4) is 5.75 Å². The average Bonchev–Trinajstić information content (AvgIpc) is 3.64. The quantitative estimate of drug-likeness (QED) is 0.217. The summed E-state index contributed by atoms with van der Waals surface area (Å²) in [6.07, 6.45) is 0. The zero-order valence-electron chi connectivity index (χ0n) is 22.0. The van der Waals surface area contributed by atoms with Crippen LogP contribution < -0.4 is 10.1 Å². The highest BCUT2D eigenvalue weighted by atomic mass is 35.5. The molecular formula is C30H27ClN2O5S2. The summed E-state index contributed by atoms with van der Waals surface area (Å²) in [6, 6.07) is 16.8. The second-order valence-electron chi connectivity index (χ2n) is 9.70. The minimum Gasteiger partial charge on any atom is -0.497 e. The van der Waals surface area contributed by atoms with Crippen LogP contribution in [0.25, 0.3) is 0 Å². The molecule has 1 saturated heterocycles. The predicted octanol–water partition coefficient (Wildman–Crippen LogP) is 7.41. The molecule has 1 aliphatic heterocycles. The monoisotopic (exact) mass is 594 g/mol. The number of nitrogens with zero attached hydrogens (tertiary/aromatic N) is 1. The number of ketones is 1. The molecule has 1 fully saturated rings. The molecule has 0 saturated carbocycles. The Balaban J connectivity index is 1.73. The average molecular weight is 595 g/mol. The van der Waals surface area contributed by atoms with Crippen LogP contribution in [0.4, 0.5) is 10.5 Å². The van der Waals surface area contributed by atoms with E-state index in [1.54, 1.807) is 42.5 Å². The molecule has 5 rings (SSSR count). The number of halogens is 1. The van der Waals surface area contributed by atoms with E-state index in [0.717, 1.165) is 27.3 Å². The molecule has 40 heavy (non-hydrogen) atoms. The number of Topliss-reactive ketones (excluding diaryl/α,β-unsaturated/α-hetero) is 1. The molecule has 2 N–H and O–H groups in total. The van der Waals surface area contributed by atoms with Crippen molar-refractivity contribution in [2.75, 3.05) is 12.4 Å². The Morgan fingerprint density at radius 1 is 1.02 bits per heavy atom. The Morgan fingerprint density at radius 2 is 1.80 bits per heavy atom. The maximum Gasteiger partial charge on any atom is 0.327 e. The predicted molar refractivity (Wildman–Crippen MR) is 158 cm³/mol. The van der Waals surface area contributed by atoms with E-state index >= 15 is 0 Å². The summed E-state index contributed by atoms with van der Waals surface area (Å²) in [5.74, 6) is -2.71. The van der Waals surface area contributed by atoms with Crippen molar-refractivity contribution in [1.82, 2.24) is 4.90 Å². The molecule has 10 heteroatoms. The first kappa shape index (κ1) is 27.9. The minimum atomic E-state index is -1.34. The Morgan fingerprint density at radius 3 is 2.42 bits per heavy atom. The summed E-state index contributed by atoms with van der Waals surface area (Å²) in [7, 11) is 1.53. The van der Waals surface area contributed by atoms with E-state index < -0.39 is 35.9 Å². The van der Waals surface area contributed by atoms with E-state index in [9.17, 15) is 19.5 Å². The van der Waals surface area contributed by atoms with Gasteiger partial charge in [-0.15, -0.1) is 22.7 Å². The Hall–Kier alpha value is -3.66. The van der Waals surface area contributed by atoms with Gasteiger partial charge in [0, 0.05) is 16.5 Å². The summed E-state index contributed by atoms with van der Waals surface area (Å²) in [4.78, 5) is 44.0. The van der Waals surface area contributed by atoms with E-state index in [4.69, 9.17) is 16.3 Å². The molecule has 2 aromatic carbocycles. The van der Waals surface area contributed by atoms with Crippen LogP contribution in [-0.4, -0.2) is 40.9 Å². The SMILES string of the molecule is COc1cccc(C2C(C(=O)c3ccc(Cl)s3)C(c3sccc3C)N(C(=O)Nc3cccc(C)c3)C2C(=O)O)c1. The van der Waals surface area contributed by atoms with Gasteiger partial charge in [0.1, 0.15) is 11.8 Å². The number of benzene rings is 2. The lowest BCUT2D eigenvalue weighted by Crippen LogP contribution is -2.45. The van der Waals surface area contributed by atoms with Crippen molar-refractivity contribution in [3.05, 3.63) is 103 Å². The van der Waals surface area contributed by atoms with Crippen LogP contribution >= 0.6 is 34.3 Å². The molecule has 4 aromatic rings. The van der Waals surface area contributed by atoms with Gasteiger partial charge in [-0.3, -0.25) is 4.79 Å². The normalized spacial score (nSPS) is 20.4. The first-order chi connectivity index (χ1) is 19.2. The van der Waals surface area contributed by atoms with Crippen molar-refractivity contribution in [1.29, 1.82) is 0 Å². The van der Waals surface area contributed by atoms with Crippen LogP contribution in [0.5, 0.6) is 5.75 Å². The molecule has 2 aromatic heterocycles. The molecule has 0 radical (unpaired) electrons. The van der Waals surface area contributed by atoms with E-state index in [0.29, 0.717) is 26.2 Å². The molecule has 0 aliphatic carbocycles. The number of thiophene rings is 2. The number of hydrogen-bond acceptors (Lipinski definition) is 6. The number of amides is 2. The summed E-state index contributed by atoms with van der Waals surface area (Å²) in [6.45, 7) is 3.81. The number of urea groups is 1. The molecule has 7 nitrogen and oxygen atoms in total. The molecule has 2 amide bonds. The number of likely N-dealkylation sites (tertiary alicyclic amines) is 1. The number of ether oxygens (including phenoxy) is 1. The number of hydrogen-bond donors (Lipinski definition) is 2. The third-order valence-electron chi connectivity index (χ3n) is 7.19. The van der Waals surface area contributed by atoms with Gasteiger partial charge in [-0.25, -0.2) is 9.59 Å². The summed E-state index contributed by atoms with van der Waals surface area (Å²) < 4.78 is 5.89. The molecule has 4 unspecified atom stereocenters. The van der Waals surface area contributed by atoms with Crippen LogP contribution in [0, 0.1) is 19.8 Å². The highest BCUT2D eigenvalue weighted by molar-refractivity contribution is 7.18. The van der Waals surface area contributed by atoms with Gasteiger partial charge in [0.05, 0.1) is 28.3 Å². The summed E-state index contributed by atoms with van der Waals surface area (Å²) >= 11 is 8.76. The lowest BCUT2D eigenvalue weighted by molar-refractivity contribution is -0.142. The first-order valence-corrected chi connectivity index (χ1v) is 14.6. The molecule has 206 valence electrons. The first-order valence-electron chi connectivity index (χ1n) is 12.6. The minimum absolute atomic E-state index is 0.264. The number of nitrogens with one attached hydrogen (secondary N) is 1. The number of carboxylic acids is 1. The second-order valence-corrected chi connectivity index (χ2v) is 12.4. The van der Waals surface area contributed by atoms with Crippen molar-refractivity contribution < 1.29 is 24.2 Å². The number of rotatable bonds is 7. The standard InChI is InChI=1S/C30H27ClN2O5S2/c1-16-6-4-8-19(14-16)32-30(37)33-25(28-17(2)12-13-39-28)24(27(34)21-10-11-22(31)40-21)23(26(33)29(35)36)18-7-5-9-20(15-18)38-3/h4-15,23-26H,1-3H3,(H,32,37)(H,35,36). The maximum absolute atomic E-state index is 14.3. The van der Waals surface area contributed by atoms with E-state index in [2.05, 4.69) is 5.32 Å². The van der Waals surface area contributed by atoms with Crippen molar-refractivity contribution in [3.63, 3.8) is 0 Å². The number of carboxylic acid groups (broad SMARTS) is 1. The van der Waals surface area contributed by atoms with Gasteiger partial charge < -0.3 is 20.1 Å². The second kappa shape index (κ2) is 11.4.